The van der Waals surface area contributed by atoms with Crippen molar-refractivity contribution < 1.29 is 4.79 Å². The van der Waals surface area contributed by atoms with Gasteiger partial charge < -0.3 is 11.1 Å². The highest BCUT2D eigenvalue weighted by Gasteiger charge is 2.31. The number of carbonyl (C=O) groups excluding carboxylic acids is 1. The number of carbonyl (C=O) groups is 1. The Labute approximate surface area is 88.9 Å². The molecular weight excluding hydrogens is 190 g/mol. The van der Waals surface area contributed by atoms with Crippen molar-refractivity contribution in [3.63, 3.8) is 0 Å². The zero-order valence-electron chi connectivity index (χ0n) is 8.73. The van der Waals surface area contributed by atoms with Gasteiger partial charge in [0.1, 0.15) is 0 Å². The third-order valence-corrected chi connectivity index (χ3v) is 2.97. The normalized spacial score (nSPS) is 25.4. The lowest BCUT2D eigenvalue weighted by molar-refractivity contribution is 0.0908. The molecular formula is C11H15N3O. The van der Waals surface area contributed by atoms with Crippen LogP contribution in [0.2, 0.25) is 0 Å². The molecule has 1 aromatic heterocycles. The predicted octanol–water partition coefficient (Wildman–Crippen LogP) is 0.702. The summed E-state index contributed by atoms with van der Waals surface area (Å²) in [6, 6.07) is 1.67. The Balaban J connectivity index is 2.24. The SMILES string of the molecule is CC1CNCC1C(=O)c1cnccc1N. The van der Waals surface area contributed by atoms with Crippen LogP contribution in [0.4, 0.5) is 5.69 Å². The number of nitrogens with zero attached hydrogens (tertiary/aromatic N) is 1. The first-order valence-electron chi connectivity index (χ1n) is 5.14. The van der Waals surface area contributed by atoms with Crippen molar-refractivity contribution >= 4 is 11.5 Å². The molecule has 2 heterocycles. The van der Waals surface area contributed by atoms with Crippen LogP contribution < -0.4 is 11.1 Å². The van der Waals surface area contributed by atoms with E-state index in [-0.39, 0.29) is 11.7 Å². The van der Waals surface area contributed by atoms with E-state index in [1.807, 2.05) is 0 Å². The molecule has 80 valence electrons. The van der Waals surface area contributed by atoms with Crippen LogP contribution in [0.1, 0.15) is 17.3 Å². The highest BCUT2D eigenvalue weighted by Crippen LogP contribution is 2.23. The second kappa shape index (κ2) is 3.98. The summed E-state index contributed by atoms with van der Waals surface area (Å²) >= 11 is 0. The predicted molar refractivity (Wildman–Crippen MR) is 58.5 cm³/mol. The molecule has 2 unspecified atom stereocenters. The minimum absolute atomic E-state index is 0.0384. The number of rotatable bonds is 2. The lowest BCUT2D eigenvalue weighted by Gasteiger charge is -2.13. The molecule has 1 saturated heterocycles. The fourth-order valence-corrected chi connectivity index (χ4v) is 1.97. The topological polar surface area (TPSA) is 68.0 Å². The zero-order chi connectivity index (χ0) is 10.8. The van der Waals surface area contributed by atoms with Crippen LogP contribution in [0, 0.1) is 11.8 Å². The van der Waals surface area contributed by atoms with Crippen LogP contribution in [0.25, 0.3) is 0 Å². The maximum Gasteiger partial charge on any atom is 0.171 e. The Morgan fingerprint density at radius 1 is 1.60 bits per heavy atom. The second-order valence-electron chi connectivity index (χ2n) is 4.07. The number of nitrogens with one attached hydrogen (secondary N) is 1. The van der Waals surface area contributed by atoms with Crippen molar-refractivity contribution in [2.45, 2.75) is 6.92 Å². The Morgan fingerprint density at radius 2 is 2.40 bits per heavy atom. The molecule has 15 heavy (non-hydrogen) atoms. The standard InChI is InChI=1S/C11H15N3O/c1-7-4-14-5-8(7)11(15)9-6-13-3-2-10(9)12/h2-3,6-8,14H,4-5H2,1H3,(H2,12,13). The summed E-state index contributed by atoms with van der Waals surface area (Å²) in [6.45, 7) is 3.72. The van der Waals surface area contributed by atoms with Gasteiger partial charge in [-0.3, -0.25) is 9.78 Å². The number of aromatic nitrogens is 1. The molecule has 0 radical (unpaired) electrons. The Bertz CT molecular complexity index is 378. The second-order valence-corrected chi connectivity index (χ2v) is 4.07. The van der Waals surface area contributed by atoms with Gasteiger partial charge in [0.05, 0.1) is 5.56 Å². The molecule has 0 amide bonds. The summed E-state index contributed by atoms with van der Waals surface area (Å²) in [5.74, 6) is 0.520. The van der Waals surface area contributed by atoms with Gasteiger partial charge in [-0.1, -0.05) is 6.92 Å². The van der Waals surface area contributed by atoms with Gasteiger partial charge in [-0.25, -0.2) is 0 Å². The molecule has 0 saturated carbocycles. The maximum atomic E-state index is 12.1. The van der Waals surface area contributed by atoms with E-state index in [0.29, 0.717) is 17.2 Å². The highest BCUT2D eigenvalue weighted by atomic mass is 16.1. The van der Waals surface area contributed by atoms with Gasteiger partial charge in [0.15, 0.2) is 5.78 Å². The fourth-order valence-electron chi connectivity index (χ4n) is 1.97. The van der Waals surface area contributed by atoms with Gasteiger partial charge in [0.25, 0.3) is 0 Å². The fraction of sp³-hybridized carbons (Fsp3) is 0.455. The van der Waals surface area contributed by atoms with E-state index in [4.69, 9.17) is 5.73 Å². The van der Waals surface area contributed by atoms with E-state index in [1.54, 1.807) is 18.5 Å². The number of nitrogen functional groups attached to an aromatic ring is 1. The number of hydrogen-bond donors (Lipinski definition) is 2. The molecule has 2 atom stereocenters. The minimum Gasteiger partial charge on any atom is -0.398 e. The molecule has 1 fully saturated rings. The third kappa shape index (κ3) is 1.85. The smallest absolute Gasteiger partial charge is 0.171 e. The Hall–Kier alpha value is -1.42. The molecule has 1 aliphatic heterocycles. The minimum atomic E-state index is 0.0384. The largest absolute Gasteiger partial charge is 0.398 e. The van der Waals surface area contributed by atoms with Crippen LogP contribution in [0.3, 0.4) is 0 Å². The van der Waals surface area contributed by atoms with Gasteiger partial charge in [0, 0.05) is 30.5 Å². The molecule has 1 aliphatic rings. The van der Waals surface area contributed by atoms with Crippen LogP contribution in [0.5, 0.6) is 0 Å². The molecule has 3 N–H and O–H groups in total. The number of anilines is 1. The lowest BCUT2D eigenvalue weighted by Crippen LogP contribution is -2.22. The van der Waals surface area contributed by atoms with Crippen molar-refractivity contribution in [3.05, 3.63) is 24.0 Å². The molecule has 1 aromatic rings. The van der Waals surface area contributed by atoms with Gasteiger partial charge in [0.2, 0.25) is 0 Å². The van der Waals surface area contributed by atoms with Crippen molar-refractivity contribution in [1.82, 2.24) is 10.3 Å². The van der Waals surface area contributed by atoms with Gasteiger partial charge >= 0.3 is 0 Å². The quantitative estimate of drug-likeness (QED) is 0.697. The van der Waals surface area contributed by atoms with Crippen molar-refractivity contribution in [3.8, 4) is 0 Å². The first kappa shape index (κ1) is 10.1. The van der Waals surface area contributed by atoms with E-state index in [9.17, 15) is 4.79 Å². The number of pyridine rings is 1. The molecule has 4 nitrogen and oxygen atoms in total. The average Bonchev–Trinajstić information content (AvgIpc) is 2.64. The van der Waals surface area contributed by atoms with Crippen LogP contribution >= 0.6 is 0 Å². The number of ketones is 1. The summed E-state index contributed by atoms with van der Waals surface area (Å²) in [7, 11) is 0. The monoisotopic (exact) mass is 205 g/mol. The molecule has 2 rings (SSSR count). The van der Waals surface area contributed by atoms with Crippen molar-refractivity contribution in [2.75, 3.05) is 18.8 Å². The zero-order valence-corrected chi connectivity index (χ0v) is 8.73. The third-order valence-electron chi connectivity index (χ3n) is 2.97. The summed E-state index contributed by atoms with van der Waals surface area (Å²) in [5.41, 5.74) is 6.83. The van der Waals surface area contributed by atoms with Crippen molar-refractivity contribution in [2.24, 2.45) is 11.8 Å². The van der Waals surface area contributed by atoms with Crippen molar-refractivity contribution in [1.29, 1.82) is 0 Å². The van der Waals surface area contributed by atoms with Crippen LogP contribution in [-0.4, -0.2) is 23.9 Å². The first-order valence-corrected chi connectivity index (χ1v) is 5.14. The van der Waals surface area contributed by atoms with Gasteiger partial charge in [-0.2, -0.15) is 0 Å². The first-order chi connectivity index (χ1) is 7.20. The average molecular weight is 205 g/mol. The summed E-state index contributed by atoms with van der Waals surface area (Å²) < 4.78 is 0. The molecule has 0 aliphatic carbocycles. The van der Waals surface area contributed by atoms with Crippen LogP contribution in [-0.2, 0) is 0 Å². The Morgan fingerprint density at radius 3 is 3.00 bits per heavy atom. The van der Waals surface area contributed by atoms with E-state index in [2.05, 4.69) is 17.2 Å². The lowest BCUT2D eigenvalue weighted by atomic mass is 9.90. The molecule has 0 spiro atoms. The van der Waals surface area contributed by atoms with E-state index in [1.165, 1.54) is 0 Å². The number of hydrogen-bond acceptors (Lipinski definition) is 4. The maximum absolute atomic E-state index is 12.1. The summed E-state index contributed by atoms with van der Waals surface area (Å²) in [6.07, 6.45) is 3.16. The summed E-state index contributed by atoms with van der Waals surface area (Å²) in [4.78, 5) is 16.1. The van der Waals surface area contributed by atoms with E-state index >= 15 is 0 Å². The summed E-state index contributed by atoms with van der Waals surface area (Å²) in [5, 5.41) is 3.21. The molecule has 0 aromatic carbocycles. The van der Waals surface area contributed by atoms with E-state index < -0.39 is 0 Å². The highest BCUT2D eigenvalue weighted by molar-refractivity contribution is 6.02. The Kier molecular flexibility index (Phi) is 2.68. The molecule has 0 bridgehead atoms. The number of nitrogens with two attached hydrogens (primary N) is 1. The van der Waals surface area contributed by atoms with Crippen LogP contribution in [0.15, 0.2) is 18.5 Å². The molecule has 4 heteroatoms. The number of Topliss-reactive ketones (excluding diaryl/α,β-unsaturated/α-hetero) is 1. The van der Waals surface area contributed by atoms with Gasteiger partial charge in [-0.05, 0) is 18.5 Å². The van der Waals surface area contributed by atoms with E-state index in [0.717, 1.165) is 13.1 Å². The van der Waals surface area contributed by atoms with Gasteiger partial charge in [-0.15, -0.1) is 0 Å².